The molecule has 0 spiro atoms. The Balaban J connectivity index is 0.000000226. The van der Waals surface area contributed by atoms with Crippen LogP contribution in [0.5, 0.6) is 0 Å². The maximum Gasteiger partial charge on any atom is 0.120 e. The Hall–Kier alpha value is -4.97. The summed E-state index contributed by atoms with van der Waals surface area (Å²) < 4.78 is 43.0. The summed E-state index contributed by atoms with van der Waals surface area (Å²) in [4.78, 5) is 13.8. The minimum Gasteiger partial charge on any atom is -0.501 e. The number of imidazole rings is 1. The summed E-state index contributed by atoms with van der Waals surface area (Å²) in [7, 11) is 0. The van der Waals surface area contributed by atoms with E-state index in [1.54, 1.807) is 12.1 Å². The van der Waals surface area contributed by atoms with E-state index in [1.165, 1.54) is 41.2 Å². The third-order valence-electron chi connectivity index (χ3n) is 8.69. The van der Waals surface area contributed by atoms with Crippen molar-refractivity contribution in [3.63, 3.8) is 0 Å². The number of rotatable bonds is 5. The van der Waals surface area contributed by atoms with Crippen LogP contribution < -0.4 is 0 Å². The molecule has 4 heterocycles. The minimum atomic E-state index is -2.15. The number of para-hydroxylation sites is 2. The number of aromatic nitrogens is 4. The van der Waals surface area contributed by atoms with Gasteiger partial charge in [-0.1, -0.05) is 87.2 Å². The molecule has 4 aromatic heterocycles. The van der Waals surface area contributed by atoms with E-state index in [0.717, 1.165) is 49.9 Å². The van der Waals surface area contributed by atoms with Crippen molar-refractivity contribution in [2.24, 2.45) is 0 Å². The number of nitrogens with zero attached hydrogens (tertiary/aromatic N) is 4. The van der Waals surface area contributed by atoms with Gasteiger partial charge >= 0.3 is 0 Å². The Bertz CT molecular complexity index is 2510. The van der Waals surface area contributed by atoms with Crippen LogP contribution in [0.2, 0.25) is 0 Å². The van der Waals surface area contributed by atoms with E-state index in [4.69, 9.17) is 13.5 Å². The fourth-order valence-electron chi connectivity index (χ4n) is 6.26. The van der Waals surface area contributed by atoms with Gasteiger partial charge in [0.05, 0.1) is 28.6 Å². The average molecular weight is 840 g/mol. The first kappa shape index (κ1) is 31.0. The van der Waals surface area contributed by atoms with Gasteiger partial charge < -0.3 is 14.0 Å². The van der Waals surface area contributed by atoms with Crippen molar-refractivity contribution in [2.45, 2.75) is 53.3 Å². The van der Waals surface area contributed by atoms with Crippen molar-refractivity contribution in [1.82, 2.24) is 19.5 Å². The van der Waals surface area contributed by atoms with Crippen LogP contribution in [-0.2, 0) is 20.1 Å². The maximum atomic E-state index is 12.7. The van der Waals surface area contributed by atoms with Crippen molar-refractivity contribution in [2.75, 3.05) is 0 Å². The Kier molecular flexibility index (Phi) is 8.99. The van der Waals surface area contributed by atoms with Crippen LogP contribution in [0.1, 0.15) is 65.9 Å². The van der Waals surface area contributed by atoms with E-state index in [-0.39, 0.29) is 31.5 Å². The summed E-state index contributed by atoms with van der Waals surface area (Å²) in [6.07, 6.45) is 5.12. The minimum absolute atomic E-state index is 0. The SMILES string of the molecule is Cc1cncc2c1nc(-c1[c-]ccc3c1oc1ccccc13)n2-c1c(C(C)C)cccc1C(C)C.[2H]C([2H])([2H])c1ccc(-c2[c-]cc(F)cc2)nc1.[Ir]. The fourth-order valence-corrected chi connectivity index (χ4v) is 6.26. The van der Waals surface area contributed by atoms with E-state index in [1.807, 2.05) is 36.7 Å². The third-order valence-corrected chi connectivity index (χ3v) is 8.69. The summed E-state index contributed by atoms with van der Waals surface area (Å²) in [5.41, 5.74) is 10.7. The van der Waals surface area contributed by atoms with E-state index in [2.05, 4.69) is 91.6 Å². The van der Waals surface area contributed by atoms with Crippen molar-refractivity contribution in [3.8, 4) is 28.3 Å². The van der Waals surface area contributed by atoms with E-state index in [0.29, 0.717) is 23.1 Å². The molecule has 0 saturated heterocycles. The molecule has 50 heavy (non-hydrogen) atoms. The second-order valence-electron chi connectivity index (χ2n) is 12.7. The summed E-state index contributed by atoms with van der Waals surface area (Å²) in [5.74, 6) is 1.15. The number of benzene rings is 4. The molecular weight excluding hydrogens is 800 g/mol. The predicted molar refractivity (Wildman–Crippen MR) is 197 cm³/mol. The molecule has 0 unspecified atom stereocenters. The molecule has 0 aliphatic carbocycles. The normalized spacial score (nSPS) is 12.4. The van der Waals surface area contributed by atoms with Crippen LogP contribution in [0, 0.1) is 31.7 Å². The van der Waals surface area contributed by atoms with Gasteiger partial charge in [0.25, 0.3) is 0 Å². The number of hydrogen-bond acceptors (Lipinski definition) is 4. The second-order valence-corrected chi connectivity index (χ2v) is 12.7. The third kappa shape index (κ3) is 6.51. The molecule has 0 bridgehead atoms. The Morgan fingerprint density at radius 3 is 2.30 bits per heavy atom. The standard InChI is InChI=1S/C31H28N3O.C12H9FN.Ir/c1-18(2)21-11-8-12-22(19(3)4)29(21)34-26-17-32-16-20(5)28(26)33-31(34)25-14-9-13-24-23-10-6-7-15-27(23)35-30(24)25;1-9-2-7-12(14-8-9)10-3-5-11(13)6-4-10;/h6-13,15-19H,1-5H3;2-3,5-8H,1H3;/q2*-1;/i;1D3;. The second kappa shape index (κ2) is 14.5. The van der Waals surface area contributed by atoms with Crippen LogP contribution in [0.15, 0.2) is 108 Å². The molecule has 1 radical (unpaired) electrons. The van der Waals surface area contributed by atoms with E-state index >= 15 is 0 Å². The molecule has 0 amide bonds. The molecule has 0 fully saturated rings. The molecule has 0 aliphatic heterocycles. The van der Waals surface area contributed by atoms with Crippen LogP contribution >= 0.6 is 0 Å². The summed E-state index contributed by atoms with van der Waals surface area (Å²) >= 11 is 0. The average Bonchev–Trinajstić information content (AvgIpc) is 3.71. The van der Waals surface area contributed by atoms with E-state index in [9.17, 15) is 4.39 Å². The van der Waals surface area contributed by atoms with Gasteiger partial charge in [-0.3, -0.25) is 14.4 Å². The zero-order chi connectivity index (χ0) is 36.7. The van der Waals surface area contributed by atoms with Gasteiger partial charge in [-0.25, -0.2) is 0 Å². The molecule has 8 rings (SSSR count). The monoisotopic (exact) mass is 840 g/mol. The Morgan fingerprint density at radius 2 is 1.62 bits per heavy atom. The van der Waals surface area contributed by atoms with Crippen LogP contribution in [0.4, 0.5) is 4.39 Å². The Labute approximate surface area is 309 Å². The molecule has 4 aromatic carbocycles. The number of fused-ring (bicyclic) bond motifs is 4. The first-order chi connectivity index (χ1) is 24.9. The molecule has 253 valence electrons. The van der Waals surface area contributed by atoms with Crippen LogP contribution in [-0.4, -0.2) is 19.5 Å². The number of pyridine rings is 2. The van der Waals surface area contributed by atoms with E-state index < -0.39 is 6.85 Å². The fraction of sp³-hybridized carbons (Fsp3) is 0.186. The van der Waals surface area contributed by atoms with Gasteiger partial charge in [-0.2, -0.15) is 0 Å². The molecule has 0 saturated carbocycles. The molecule has 7 heteroatoms. The van der Waals surface area contributed by atoms with Gasteiger partial charge in [0.2, 0.25) is 0 Å². The van der Waals surface area contributed by atoms with Crippen molar-refractivity contribution in [3.05, 3.63) is 144 Å². The van der Waals surface area contributed by atoms with Gasteiger partial charge in [0.15, 0.2) is 0 Å². The summed E-state index contributed by atoms with van der Waals surface area (Å²) in [6, 6.07) is 32.2. The first-order valence-corrected chi connectivity index (χ1v) is 16.3. The van der Waals surface area contributed by atoms with Crippen molar-refractivity contribution in [1.29, 1.82) is 0 Å². The van der Waals surface area contributed by atoms with Gasteiger partial charge in [-0.05, 0) is 59.6 Å². The van der Waals surface area contributed by atoms with Crippen molar-refractivity contribution < 1.29 is 33.0 Å². The predicted octanol–water partition coefficient (Wildman–Crippen LogP) is 11.3. The van der Waals surface area contributed by atoms with Crippen molar-refractivity contribution >= 4 is 33.0 Å². The molecular formula is C43H37FIrN4O-2. The first-order valence-electron chi connectivity index (χ1n) is 17.8. The molecule has 8 aromatic rings. The van der Waals surface area contributed by atoms with Crippen LogP contribution in [0.25, 0.3) is 61.3 Å². The molecule has 0 N–H and O–H groups in total. The van der Waals surface area contributed by atoms with Gasteiger partial charge in [0.1, 0.15) is 5.58 Å². The maximum absolute atomic E-state index is 12.7. The topological polar surface area (TPSA) is 56.7 Å². The molecule has 0 aliphatic rings. The number of aryl methyl sites for hydroxylation is 2. The molecule has 0 atom stereocenters. The Morgan fingerprint density at radius 1 is 0.840 bits per heavy atom. The largest absolute Gasteiger partial charge is 0.501 e. The van der Waals surface area contributed by atoms with Crippen LogP contribution in [0.3, 0.4) is 0 Å². The summed E-state index contributed by atoms with van der Waals surface area (Å²) in [5, 5.41) is 2.17. The number of hydrogen-bond donors (Lipinski definition) is 0. The van der Waals surface area contributed by atoms with Gasteiger partial charge in [-0.15, -0.1) is 48.0 Å². The summed E-state index contributed by atoms with van der Waals surface area (Å²) in [6.45, 7) is 8.90. The van der Waals surface area contributed by atoms with Gasteiger partial charge in [0, 0.05) is 53.5 Å². The number of furan rings is 1. The number of halogens is 1. The zero-order valence-corrected chi connectivity index (χ0v) is 30.8. The molecule has 5 nitrogen and oxygen atoms in total. The smallest absolute Gasteiger partial charge is 0.120 e. The quantitative estimate of drug-likeness (QED) is 0.162. The zero-order valence-electron chi connectivity index (χ0n) is 31.4.